The highest BCUT2D eigenvalue weighted by Crippen LogP contribution is 2.23. The van der Waals surface area contributed by atoms with Crippen molar-refractivity contribution in [3.63, 3.8) is 0 Å². The molecule has 2 fully saturated rings. The van der Waals surface area contributed by atoms with Gasteiger partial charge in [-0.2, -0.15) is 0 Å². The van der Waals surface area contributed by atoms with Crippen LogP contribution in [0.5, 0.6) is 0 Å². The summed E-state index contributed by atoms with van der Waals surface area (Å²) in [5.74, 6) is 1.09. The van der Waals surface area contributed by atoms with Crippen LogP contribution in [0.25, 0.3) is 0 Å². The first-order valence-corrected chi connectivity index (χ1v) is 10.2. The normalized spacial score (nSPS) is 18.7. The Kier molecular flexibility index (Phi) is 5.66. The molecule has 144 valence electrons. The molecule has 8 heteroatoms. The molecule has 0 saturated carbocycles. The molecule has 0 N–H and O–H groups in total. The van der Waals surface area contributed by atoms with Crippen molar-refractivity contribution in [1.82, 2.24) is 19.8 Å². The predicted octanol–water partition coefficient (Wildman–Crippen LogP) is 1.64. The van der Waals surface area contributed by atoms with Crippen LogP contribution in [0, 0.1) is 6.92 Å². The van der Waals surface area contributed by atoms with E-state index in [1.165, 1.54) is 0 Å². The number of amides is 1. The molecule has 7 nitrogen and oxygen atoms in total. The summed E-state index contributed by atoms with van der Waals surface area (Å²) in [7, 11) is 0. The Hall–Kier alpha value is -2.03. The van der Waals surface area contributed by atoms with Gasteiger partial charge in [0.05, 0.1) is 25.5 Å². The van der Waals surface area contributed by atoms with Gasteiger partial charge in [-0.3, -0.25) is 9.69 Å². The van der Waals surface area contributed by atoms with E-state index in [1.54, 1.807) is 11.3 Å². The second kappa shape index (κ2) is 8.33. The zero-order chi connectivity index (χ0) is 18.6. The molecule has 4 rings (SSSR count). The van der Waals surface area contributed by atoms with E-state index in [0.29, 0.717) is 13.1 Å². The number of pyridine rings is 1. The van der Waals surface area contributed by atoms with E-state index in [2.05, 4.69) is 19.8 Å². The zero-order valence-corrected chi connectivity index (χ0v) is 16.5. The highest BCUT2D eigenvalue weighted by atomic mass is 32.1. The lowest BCUT2D eigenvalue weighted by Crippen LogP contribution is -2.49. The lowest BCUT2D eigenvalue weighted by molar-refractivity contribution is 0.0341. The summed E-state index contributed by atoms with van der Waals surface area (Å²) >= 11 is 1.54. The number of aryl methyl sites for hydroxylation is 1. The van der Waals surface area contributed by atoms with Gasteiger partial charge in [0.2, 0.25) is 0 Å². The van der Waals surface area contributed by atoms with Gasteiger partial charge in [-0.1, -0.05) is 6.07 Å². The molecule has 1 amide bonds. The topological polar surface area (TPSA) is 61.8 Å². The summed E-state index contributed by atoms with van der Waals surface area (Å²) in [6, 6.07) is 5.93. The minimum atomic E-state index is 0.110. The van der Waals surface area contributed by atoms with Gasteiger partial charge in [0.15, 0.2) is 0 Å². The van der Waals surface area contributed by atoms with Crippen LogP contribution in [-0.2, 0) is 11.3 Å². The molecule has 0 spiro atoms. The van der Waals surface area contributed by atoms with E-state index in [1.807, 2.05) is 36.2 Å². The van der Waals surface area contributed by atoms with Crippen molar-refractivity contribution < 1.29 is 9.53 Å². The van der Waals surface area contributed by atoms with Crippen molar-refractivity contribution >= 4 is 23.1 Å². The van der Waals surface area contributed by atoms with Gasteiger partial charge in [-0.15, -0.1) is 11.3 Å². The third-order valence-electron chi connectivity index (χ3n) is 5.04. The molecular formula is C19H25N5O2S. The van der Waals surface area contributed by atoms with E-state index >= 15 is 0 Å². The average Bonchev–Trinajstić information content (AvgIpc) is 3.09. The summed E-state index contributed by atoms with van der Waals surface area (Å²) in [6.07, 6.45) is 1.81. The summed E-state index contributed by atoms with van der Waals surface area (Å²) < 4.78 is 5.40. The van der Waals surface area contributed by atoms with Crippen molar-refractivity contribution in [2.24, 2.45) is 0 Å². The molecule has 0 aliphatic carbocycles. The second-order valence-corrected chi connectivity index (χ2v) is 7.96. The van der Waals surface area contributed by atoms with Crippen molar-refractivity contribution in [2.45, 2.75) is 13.5 Å². The van der Waals surface area contributed by atoms with Gasteiger partial charge in [0.25, 0.3) is 5.91 Å². The molecule has 0 bridgehead atoms. The Balaban J connectivity index is 1.37. The van der Waals surface area contributed by atoms with Gasteiger partial charge in [0, 0.05) is 45.5 Å². The fourth-order valence-corrected chi connectivity index (χ4v) is 4.57. The van der Waals surface area contributed by atoms with Crippen molar-refractivity contribution in [3.8, 4) is 0 Å². The number of aromatic nitrogens is 2. The first kappa shape index (κ1) is 18.3. The Labute approximate surface area is 163 Å². The third kappa shape index (κ3) is 4.28. The van der Waals surface area contributed by atoms with Crippen LogP contribution in [0.15, 0.2) is 24.4 Å². The molecule has 0 radical (unpaired) electrons. The minimum Gasteiger partial charge on any atom is -0.379 e. The Morgan fingerprint density at radius 1 is 1.15 bits per heavy atom. The largest absolute Gasteiger partial charge is 0.379 e. The summed E-state index contributed by atoms with van der Waals surface area (Å²) in [4.78, 5) is 29.3. The third-order valence-corrected chi connectivity index (χ3v) is 6.17. The van der Waals surface area contributed by atoms with Crippen LogP contribution in [0.2, 0.25) is 0 Å². The van der Waals surface area contributed by atoms with Gasteiger partial charge >= 0.3 is 0 Å². The number of anilines is 1. The SMILES string of the molecule is Cc1nc(CN2CCOCC2)sc1C(=O)N1CCN(c2ccccn2)CC1. The molecule has 2 aliphatic heterocycles. The molecule has 0 atom stereocenters. The summed E-state index contributed by atoms with van der Waals surface area (Å²) in [6.45, 7) is 9.19. The number of morpholine rings is 1. The van der Waals surface area contributed by atoms with Crippen molar-refractivity contribution in [2.75, 3.05) is 57.4 Å². The fraction of sp³-hybridized carbons (Fsp3) is 0.526. The molecule has 0 unspecified atom stereocenters. The smallest absolute Gasteiger partial charge is 0.265 e. The molecule has 0 aromatic carbocycles. The fourth-order valence-electron chi connectivity index (χ4n) is 3.49. The monoisotopic (exact) mass is 387 g/mol. The lowest BCUT2D eigenvalue weighted by atomic mass is 10.2. The molecule has 2 aliphatic rings. The number of ether oxygens (including phenoxy) is 1. The van der Waals surface area contributed by atoms with Gasteiger partial charge in [-0.05, 0) is 19.1 Å². The van der Waals surface area contributed by atoms with Gasteiger partial charge in [-0.25, -0.2) is 9.97 Å². The maximum Gasteiger partial charge on any atom is 0.265 e. The maximum absolute atomic E-state index is 13.0. The Morgan fingerprint density at radius 2 is 1.93 bits per heavy atom. The predicted molar refractivity (Wildman–Crippen MR) is 105 cm³/mol. The summed E-state index contributed by atoms with van der Waals surface area (Å²) in [5.41, 5.74) is 0.848. The van der Waals surface area contributed by atoms with Crippen molar-refractivity contribution in [1.29, 1.82) is 0 Å². The highest BCUT2D eigenvalue weighted by Gasteiger charge is 2.26. The van der Waals surface area contributed by atoms with Crippen LogP contribution in [-0.4, -0.2) is 78.2 Å². The number of thiazole rings is 1. The lowest BCUT2D eigenvalue weighted by Gasteiger charge is -2.35. The van der Waals surface area contributed by atoms with Gasteiger partial charge in [0.1, 0.15) is 15.7 Å². The summed E-state index contributed by atoms with van der Waals surface area (Å²) in [5, 5.41) is 1.02. The van der Waals surface area contributed by atoms with Crippen LogP contribution in [0.3, 0.4) is 0 Å². The minimum absolute atomic E-state index is 0.110. The van der Waals surface area contributed by atoms with E-state index in [-0.39, 0.29) is 5.91 Å². The molecule has 2 saturated heterocycles. The number of hydrogen-bond acceptors (Lipinski definition) is 7. The number of hydrogen-bond donors (Lipinski definition) is 0. The maximum atomic E-state index is 13.0. The number of nitrogens with zero attached hydrogens (tertiary/aromatic N) is 5. The van der Waals surface area contributed by atoms with Crippen molar-refractivity contribution in [3.05, 3.63) is 40.0 Å². The first-order valence-electron chi connectivity index (χ1n) is 9.42. The molecule has 27 heavy (non-hydrogen) atoms. The first-order chi connectivity index (χ1) is 13.2. The number of carbonyl (C=O) groups is 1. The van der Waals surface area contributed by atoms with Gasteiger partial charge < -0.3 is 14.5 Å². The van der Waals surface area contributed by atoms with E-state index in [4.69, 9.17) is 4.74 Å². The van der Waals surface area contributed by atoms with Crippen LogP contribution < -0.4 is 4.90 Å². The molecular weight excluding hydrogens is 362 g/mol. The van der Waals surface area contributed by atoms with Crippen LogP contribution in [0.4, 0.5) is 5.82 Å². The highest BCUT2D eigenvalue weighted by molar-refractivity contribution is 7.13. The van der Waals surface area contributed by atoms with Crippen LogP contribution >= 0.6 is 11.3 Å². The Bertz CT molecular complexity index is 768. The number of rotatable bonds is 4. The quantitative estimate of drug-likeness (QED) is 0.795. The molecule has 2 aromatic rings. The Morgan fingerprint density at radius 3 is 2.63 bits per heavy atom. The average molecular weight is 388 g/mol. The second-order valence-electron chi connectivity index (χ2n) is 6.88. The zero-order valence-electron chi connectivity index (χ0n) is 15.6. The van der Waals surface area contributed by atoms with E-state index < -0.39 is 0 Å². The molecule has 4 heterocycles. The standard InChI is InChI=1S/C19H25N5O2S/c1-15-18(27-17(21-15)14-22-10-12-26-13-11-22)19(25)24-8-6-23(7-9-24)16-4-2-3-5-20-16/h2-5H,6-14H2,1H3. The molecule has 2 aromatic heterocycles. The van der Waals surface area contributed by atoms with E-state index in [9.17, 15) is 4.79 Å². The van der Waals surface area contributed by atoms with E-state index in [0.717, 1.165) is 67.3 Å². The number of piperazine rings is 1. The number of carbonyl (C=O) groups excluding carboxylic acids is 1. The van der Waals surface area contributed by atoms with Crippen LogP contribution in [0.1, 0.15) is 20.4 Å².